The molecular formula is C22H21ClN4OS2. The van der Waals surface area contributed by atoms with E-state index in [9.17, 15) is 4.79 Å². The number of thioether (sulfide) groups is 1. The van der Waals surface area contributed by atoms with Gasteiger partial charge < -0.3 is 16.0 Å². The zero-order valence-corrected chi connectivity index (χ0v) is 18.7. The Bertz CT molecular complexity index is 1000. The highest BCUT2D eigenvalue weighted by Crippen LogP contribution is 2.28. The van der Waals surface area contributed by atoms with Crippen molar-refractivity contribution in [1.82, 2.24) is 4.98 Å². The van der Waals surface area contributed by atoms with E-state index in [1.54, 1.807) is 12.1 Å². The van der Waals surface area contributed by atoms with Gasteiger partial charge in [-0.25, -0.2) is 4.98 Å². The molecular weight excluding hydrogens is 436 g/mol. The van der Waals surface area contributed by atoms with E-state index in [0.717, 1.165) is 16.3 Å². The summed E-state index contributed by atoms with van der Waals surface area (Å²) < 4.78 is 0. The second-order valence-corrected chi connectivity index (χ2v) is 8.46. The highest BCUT2D eigenvalue weighted by Gasteiger charge is 2.18. The summed E-state index contributed by atoms with van der Waals surface area (Å²) in [5, 5.41) is 9.93. The predicted molar refractivity (Wildman–Crippen MR) is 131 cm³/mol. The van der Waals surface area contributed by atoms with Crippen LogP contribution in [0.1, 0.15) is 13.3 Å². The minimum absolute atomic E-state index is 0.100. The number of amides is 1. The SMILES string of the molecule is CCC(Sc1cccc(NC(=S)Nc2ccccc2)c1)C(=O)Nc1ccc(Cl)cn1. The summed E-state index contributed by atoms with van der Waals surface area (Å²) >= 11 is 12.7. The Labute approximate surface area is 190 Å². The Morgan fingerprint density at radius 3 is 2.47 bits per heavy atom. The molecule has 2 aromatic carbocycles. The molecule has 0 saturated carbocycles. The number of pyridine rings is 1. The maximum atomic E-state index is 12.6. The molecule has 0 radical (unpaired) electrons. The molecule has 1 amide bonds. The van der Waals surface area contributed by atoms with E-state index < -0.39 is 0 Å². The van der Waals surface area contributed by atoms with Gasteiger partial charge in [0.15, 0.2) is 5.11 Å². The zero-order chi connectivity index (χ0) is 21.3. The van der Waals surface area contributed by atoms with E-state index >= 15 is 0 Å². The van der Waals surface area contributed by atoms with Crippen molar-refractivity contribution in [2.24, 2.45) is 0 Å². The summed E-state index contributed by atoms with van der Waals surface area (Å²) in [7, 11) is 0. The molecule has 1 unspecified atom stereocenters. The van der Waals surface area contributed by atoms with Crippen LogP contribution >= 0.6 is 35.6 Å². The number of carbonyl (C=O) groups is 1. The zero-order valence-electron chi connectivity index (χ0n) is 16.3. The Balaban J connectivity index is 1.60. The van der Waals surface area contributed by atoms with Gasteiger partial charge in [-0.1, -0.05) is 42.8 Å². The summed E-state index contributed by atoms with van der Waals surface area (Å²) in [6, 6.07) is 20.9. The second-order valence-electron chi connectivity index (χ2n) is 6.34. The van der Waals surface area contributed by atoms with Crippen molar-refractivity contribution in [3.05, 3.63) is 77.9 Å². The number of para-hydroxylation sites is 1. The smallest absolute Gasteiger partial charge is 0.239 e. The number of thiocarbonyl (C=S) groups is 1. The van der Waals surface area contributed by atoms with E-state index in [4.69, 9.17) is 23.8 Å². The fraction of sp³-hybridized carbons (Fsp3) is 0.136. The lowest BCUT2D eigenvalue weighted by atomic mass is 10.3. The van der Waals surface area contributed by atoms with Gasteiger partial charge in [-0.15, -0.1) is 11.8 Å². The van der Waals surface area contributed by atoms with Crippen molar-refractivity contribution < 1.29 is 4.79 Å². The van der Waals surface area contributed by atoms with Crippen LogP contribution in [0.15, 0.2) is 77.8 Å². The third-order valence-electron chi connectivity index (χ3n) is 4.04. The van der Waals surface area contributed by atoms with Gasteiger partial charge in [0, 0.05) is 22.5 Å². The molecule has 0 fully saturated rings. The van der Waals surface area contributed by atoms with Gasteiger partial charge in [0.05, 0.1) is 10.3 Å². The molecule has 1 atom stereocenters. The summed E-state index contributed by atoms with van der Waals surface area (Å²) in [6.45, 7) is 1.98. The van der Waals surface area contributed by atoms with Crippen LogP contribution in [0.25, 0.3) is 0 Å². The van der Waals surface area contributed by atoms with Crippen LogP contribution in [0.2, 0.25) is 5.02 Å². The highest BCUT2D eigenvalue weighted by molar-refractivity contribution is 8.00. The Hall–Kier alpha value is -2.61. The van der Waals surface area contributed by atoms with Gasteiger partial charge in [0.1, 0.15) is 5.82 Å². The lowest BCUT2D eigenvalue weighted by molar-refractivity contribution is -0.115. The molecule has 5 nitrogen and oxygen atoms in total. The van der Waals surface area contributed by atoms with Gasteiger partial charge in [0.2, 0.25) is 5.91 Å². The van der Waals surface area contributed by atoms with Crippen LogP contribution in [0, 0.1) is 0 Å². The van der Waals surface area contributed by atoms with Gasteiger partial charge >= 0.3 is 0 Å². The fourth-order valence-corrected chi connectivity index (χ4v) is 3.97. The van der Waals surface area contributed by atoms with Crippen LogP contribution in [-0.4, -0.2) is 21.3 Å². The lowest BCUT2D eigenvalue weighted by Gasteiger charge is -2.16. The minimum Gasteiger partial charge on any atom is -0.332 e. The molecule has 154 valence electrons. The van der Waals surface area contributed by atoms with Gasteiger partial charge in [-0.2, -0.15) is 0 Å². The van der Waals surface area contributed by atoms with E-state index in [1.807, 2.05) is 61.5 Å². The summed E-state index contributed by atoms with van der Waals surface area (Å²) in [4.78, 5) is 17.7. The molecule has 0 saturated heterocycles. The number of carbonyl (C=O) groups excluding carboxylic acids is 1. The largest absolute Gasteiger partial charge is 0.332 e. The van der Waals surface area contributed by atoms with Gasteiger partial charge in [0.25, 0.3) is 0 Å². The normalized spacial score (nSPS) is 11.4. The molecule has 0 aliphatic rings. The minimum atomic E-state index is -0.257. The van der Waals surface area contributed by atoms with Crippen LogP contribution in [-0.2, 0) is 4.79 Å². The standard InChI is InChI=1S/C22H21ClN4OS2/c1-2-19(21(28)27-20-12-11-15(23)14-24-20)30-18-10-6-9-17(13-18)26-22(29)25-16-7-4-3-5-8-16/h3-14,19H,2H2,1H3,(H,24,27,28)(H2,25,26,29). The number of aromatic nitrogens is 1. The number of nitrogens with zero attached hydrogens (tertiary/aromatic N) is 1. The van der Waals surface area contributed by atoms with Crippen molar-refractivity contribution in [3.8, 4) is 0 Å². The first kappa shape index (κ1) is 22.1. The third kappa shape index (κ3) is 6.73. The summed E-state index contributed by atoms with van der Waals surface area (Å²) in [5.41, 5.74) is 1.77. The topological polar surface area (TPSA) is 66.0 Å². The number of benzene rings is 2. The fourth-order valence-electron chi connectivity index (χ4n) is 2.61. The van der Waals surface area contributed by atoms with E-state index in [-0.39, 0.29) is 11.2 Å². The highest BCUT2D eigenvalue weighted by atomic mass is 35.5. The Morgan fingerprint density at radius 1 is 1.03 bits per heavy atom. The molecule has 30 heavy (non-hydrogen) atoms. The first-order valence-electron chi connectivity index (χ1n) is 9.35. The average molecular weight is 457 g/mol. The number of hydrogen-bond acceptors (Lipinski definition) is 4. The van der Waals surface area contributed by atoms with Gasteiger partial charge in [-0.3, -0.25) is 4.79 Å². The molecule has 0 aliphatic heterocycles. The molecule has 1 aromatic heterocycles. The predicted octanol–water partition coefficient (Wildman–Crippen LogP) is 6.05. The van der Waals surface area contributed by atoms with Crippen molar-refractivity contribution in [3.63, 3.8) is 0 Å². The number of rotatable bonds is 7. The number of anilines is 3. The van der Waals surface area contributed by atoms with Crippen molar-refractivity contribution in [2.75, 3.05) is 16.0 Å². The second kappa shape index (κ2) is 11.0. The Morgan fingerprint density at radius 2 is 1.77 bits per heavy atom. The molecule has 0 aliphatic carbocycles. The van der Waals surface area contributed by atoms with Crippen molar-refractivity contribution >= 4 is 63.8 Å². The van der Waals surface area contributed by atoms with E-state index in [1.165, 1.54) is 18.0 Å². The summed E-state index contributed by atoms with van der Waals surface area (Å²) in [6.07, 6.45) is 2.18. The molecule has 0 spiro atoms. The summed E-state index contributed by atoms with van der Waals surface area (Å²) in [5.74, 6) is 0.383. The molecule has 1 heterocycles. The van der Waals surface area contributed by atoms with Crippen LogP contribution < -0.4 is 16.0 Å². The van der Waals surface area contributed by atoms with Crippen molar-refractivity contribution in [2.45, 2.75) is 23.5 Å². The van der Waals surface area contributed by atoms with Crippen LogP contribution in [0.3, 0.4) is 0 Å². The molecule has 8 heteroatoms. The quantitative estimate of drug-likeness (QED) is 0.297. The molecule has 3 N–H and O–H groups in total. The maximum Gasteiger partial charge on any atom is 0.239 e. The molecule has 0 bridgehead atoms. The van der Waals surface area contributed by atoms with Crippen LogP contribution in [0.4, 0.5) is 17.2 Å². The third-order valence-corrected chi connectivity index (χ3v) is 5.83. The number of hydrogen-bond donors (Lipinski definition) is 3. The van der Waals surface area contributed by atoms with Gasteiger partial charge in [-0.05, 0) is 61.1 Å². The van der Waals surface area contributed by atoms with Crippen molar-refractivity contribution in [1.29, 1.82) is 0 Å². The van der Waals surface area contributed by atoms with E-state index in [0.29, 0.717) is 22.4 Å². The molecule has 3 rings (SSSR count). The Kier molecular flexibility index (Phi) is 8.07. The average Bonchev–Trinajstić information content (AvgIpc) is 2.74. The van der Waals surface area contributed by atoms with E-state index in [2.05, 4.69) is 20.9 Å². The number of nitrogens with one attached hydrogen (secondary N) is 3. The molecule has 3 aromatic rings. The monoisotopic (exact) mass is 456 g/mol. The number of halogens is 1. The first-order valence-corrected chi connectivity index (χ1v) is 11.0. The lowest BCUT2D eigenvalue weighted by Crippen LogP contribution is -2.25. The first-order chi connectivity index (χ1) is 14.5. The maximum absolute atomic E-state index is 12.6. The van der Waals surface area contributed by atoms with Crippen LogP contribution in [0.5, 0.6) is 0 Å².